The molecule has 0 saturated heterocycles. The van der Waals surface area contributed by atoms with Gasteiger partial charge in [0.2, 0.25) is 0 Å². The first kappa shape index (κ1) is 12.6. The fourth-order valence-corrected chi connectivity index (χ4v) is 1.88. The third kappa shape index (κ3) is 3.88. The molecule has 0 N–H and O–H groups in total. The SMILES string of the molecule is CP(C)c1ccc(Cl)c(OC(F)(F)F)c1. The number of hydrogen-bond acceptors (Lipinski definition) is 1. The first-order valence-electron chi connectivity index (χ1n) is 4.02. The van der Waals surface area contributed by atoms with E-state index in [1.54, 1.807) is 6.07 Å². The van der Waals surface area contributed by atoms with Crippen LogP contribution >= 0.6 is 19.5 Å². The van der Waals surface area contributed by atoms with E-state index in [-0.39, 0.29) is 10.8 Å². The third-order valence-corrected chi connectivity index (χ3v) is 3.28. The molecule has 0 radical (unpaired) electrons. The highest BCUT2D eigenvalue weighted by atomic mass is 35.5. The van der Waals surface area contributed by atoms with E-state index in [1.807, 2.05) is 13.3 Å². The highest BCUT2D eigenvalue weighted by Gasteiger charge is 2.32. The van der Waals surface area contributed by atoms with Crippen LogP contribution in [0, 0.1) is 0 Å². The molecule has 0 heterocycles. The Bertz CT molecular complexity index is 352. The summed E-state index contributed by atoms with van der Waals surface area (Å²) in [5.41, 5.74) is 0. The van der Waals surface area contributed by atoms with Crippen molar-refractivity contribution in [1.29, 1.82) is 0 Å². The van der Waals surface area contributed by atoms with Gasteiger partial charge in [0.15, 0.2) is 0 Å². The molecule has 1 aromatic rings. The van der Waals surface area contributed by atoms with Gasteiger partial charge >= 0.3 is 6.36 Å². The molecule has 0 amide bonds. The van der Waals surface area contributed by atoms with Crippen molar-refractivity contribution >= 4 is 24.8 Å². The fourth-order valence-electron chi connectivity index (χ4n) is 0.973. The van der Waals surface area contributed by atoms with Gasteiger partial charge in [0.05, 0.1) is 5.02 Å². The van der Waals surface area contributed by atoms with Crippen LogP contribution in [0.1, 0.15) is 0 Å². The Morgan fingerprint density at radius 1 is 1.27 bits per heavy atom. The van der Waals surface area contributed by atoms with Crippen molar-refractivity contribution in [2.24, 2.45) is 0 Å². The lowest BCUT2D eigenvalue weighted by atomic mass is 10.3. The van der Waals surface area contributed by atoms with Crippen LogP contribution in [0.15, 0.2) is 18.2 Å². The van der Waals surface area contributed by atoms with E-state index in [4.69, 9.17) is 11.6 Å². The van der Waals surface area contributed by atoms with Crippen LogP contribution < -0.4 is 10.0 Å². The van der Waals surface area contributed by atoms with E-state index in [9.17, 15) is 13.2 Å². The van der Waals surface area contributed by atoms with Crippen LogP contribution in [0.5, 0.6) is 5.75 Å². The van der Waals surface area contributed by atoms with Crippen molar-refractivity contribution in [2.45, 2.75) is 6.36 Å². The van der Waals surface area contributed by atoms with Gasteiger partial charge in [0.25, 0.3) is 0 Å². The summed E-state index contributed by atoms with van der Waals surface area (Å²) in [6, 6.07) is 4.46. The minimum atomic E-state index is -4.70. The Balaban J connectivity index is 3.01. The average molecular weight is 257 g/mol. The van der Waals surface area contributed by atoms with Crippen molar-refractivity contribution in [1.82, 2.24) is 0 Å². The zero-order valence-electron chi connectivity index (χ0n) is 8.10. The maximum atomic E-state index is 12.0. The lowest BCUT2D eigenvalue weighted by Crippen LogP contribution is -2.18. The van der Waals surface area contributed by atoms with Crippen LogP contribution in [0.3, 0.4) is 0 Å². The number of ether oxygens (including phenoxy) is 1. The molecule has 6 heteroatoms. The summed E-state index contributed by atoms with van der Waals surface area (Å²) in [6.07, 6.45) is -4.70. The van der Waals surface area contributed by atoms with Gasteiger partial charge in [0, 0.05) is 0 Å². The summed E-state index contributed by atoms with van der Waals surface area (Å²) in [7, 11) is -0.472. The second-order valence-electron chi connectivity index (χ2n) is 3.06. The molecule has 1 rings (SSSR count). The number of halogens is 4. The number of benzene rings is 1. The average Bonchev–Trinajstić information content (AvgIpc) is 2.06. The van der Waals surface area contributed by atoms with Crippen molar-refractivity contribution in [3.63, 3.8) is 0 Å². The van der Waals surface area contributed by atoms with Gasteiger partial charge in [-0.15, -0.1) is 13.2 Å². The zero-order chi connectivity index (χ0) is 11.6. The minimum absolute atomic E-state index is 0.0343. The second-order valence-corrected chi connectivity index (χ2v) is 5.77. The topological polar surface area (TPSA) is 9.23 Å². The molecule has 0 aromatic heterocycles. The van der Waals surface area contributed by atoms with Gasteiger partial charge in [-0.2, -0.15) is 0 Å². The van der Waals surface area contributed by atoms with Gasteiger partial charge in [-0.1, -0.05) is 25.6 Å². The van der Waals surface area contributed by atoms with Crippen LogP contribution in [-0.2, 0) is 0 Å². The van der Waals surface area contributed by atoms with Gasteiger partial charge in [-0.05, 0) is 30.8 Å². The summed E-state index contributed by atoms with van der Waals surface area (Å²) < 4.78 is 39.7. The molecule has 0 fully saturated rings. The third-order valence-electron chi connectivity index (χ3n) is 1.66. The Morgan fingerprint density at radius 3 is 2.33 bits per heavy atom. The van der Waals surface area contributed by atoms with Crippen molar-refractivity contribution < 1.29 is 17.9 Å². The predicted octanol–water partition coefficient (Wildman–Crippen LogP) is 3.61. The molecule has 0 bridgehead atoms. The summed E-state index contributed by atoms with van der Waals surface area (Å²) in [4.78, 5) is 0. The van der Waals surface area contributed by atoms with E-state index >= 15 is 0 Å². The zero-order valence-corrected chi connectivity index (χ0v) is 9.75. The van der Waals surface area contributed by atoms with Gasteiger partial charge in [-0.3, -0.25) is 0 Å². The summed E-state index contributed by atoms with van der Waals surface area (Å²) in [6.45, 7) is 3.88. The highest BCUT2D eigenvalue weighted by molar-refractivity contribution is 7.64. The molecular formula is C9H9ClF3OP. The van der Waals surface area contributed by atoms with Gasteiger partial charge in [-0.25, -0.2) is 0 Å². The fraction of sp³-hybridized carbons (Fsp3) is 0.333. The molecule has 1 aromatic carbocycles. The summed E-state index contributed by atoms with van der Waals surface area (Å²) in [5.74, 6) is -0.335. The Hall–Kier alpha value is -0.470. The van der Waals surface area contributed by atoms with Crippen LogP contribution in [0.2, 0.25) is 5.02 Å². The summed E-state index contributed by atoms with van der Waals surface area (Å²) in [5, 5.41) is 0.779. The van der Waals surface area contributed by atoms with Crippen molar-refractivity contribution in [3.05, 3.63) is 23.2 Å². The highest BCUT2D eigenvalue weighted by Crippen LogP contribution is 2.33. The maximum absolute atomic E-state index is 12.0. The predicted molar refractivity (Wildman–Crippen MR) is 56.5 cm³/mol. The lowest BCUT2D eigenvalue weighted by molar-refractivity contribution is -0.274. The molecule has 0 aliphatic heterocycles. The van der Waals surface area contributed by atoms with Crippen molar-refractivity contribution in [3.8, 4) is 5.75 Å². The smallest absolute Gasteiger partial charge is 0.404 e. The molecule has 1 nitrogen and oxygen atoms in total. The lowest BCUT2D eigenvalue weighted by Gasteiger charge is -2.13. The quantitative estimate of drug-likeness (QED) is 0.735. The monoisotopic (exact) mass is 256 g/mol. The molecule has 0 aliphatic rings. The molecule has 15 heavy (non-hydrogen) atoms. The first-order valence-corrected chi connectivity index (χ1v) is 6.63. The minimum Gasteiger partial charge on any atom is -0.404 e. The second kappa shape index (κ2) is 4.58. The van der Waals surface area contributed by atoms with E-state index in [1.165, 1.54) is 12.1 Å². The van der Waals surface area contributed by atoms with E-state index in [0.717, 1.165) is 5.30 Å². The van der Waals surface area contributed by atoms with Crippen LogP contribution in [0.25, 0.3) is 0 Å². The number of hydrogen-bond donors (Lipinski definition) is 0. The molecule has 0 spiro atoms. The largest absolute Gasteiger partial charge is 0.573 e. The van der Waals surface area contributed by atoms with Crippen LogP contribution in [-0.4, -0.2) is 19.7 Å². The molecule has 0 atom stereocenters. The molecule has 84 valence electrons. The van der Waals surface area contributed by atoms with E-state index in [2.05, 4.69) is 4.74 Å². The molecular weight excluding hydrogens is 248 g/mol. The number of alkyl halides is 3. The summed E-state index contributed by atoms with van der Waals surface area (Å²) >= 11 is 5.59. The Kier molecular flexibility index (Phi) is 3.85. The van der Waals surface area contributed by atoms with Gasteiger partial charge < -0.3 is 4.74 Å². The maximum Gasteiger partial charge on any atom is 0.573 e. The number of rotatable bonds is 2. The normalized spacial score (nSPS) is 11.9. The first-order chi connectivity index (χ1) is 6.79. The molecule has 0 aliphatic carbocycles. The Labute approximate surface area is 91.9 Å². The van der Waals surface area contributed by atoms with E-state index in [0.29, 0.717) is 0 Å². The van der Waals surface area contributed by atoms with Crippen molar-refractivity contribution in [2.75, 3.05) is 13.3 Å². The van der Waals surface area contributed by atoms with Gasteiger partial charge in [0.1, 0.15) is 5.75 Å². The van der Waals surface area contributed by atoms with Crippen LogP contribution in [0.4, 0.5) is 13.2 Å². The Morgan fingerprint density at radius 2 is 1.87 bits per heavy atom. The van der Waals surface area contributed by atoms with E-state index < -0.39 is 14.3 Å². The standard InChI is InChI=1S/C9H9ClF3OP/c1-15(2)6-3-4-7(10)8(5-6)14-9(11,12)13/h3-5H,1-2H3. The molecule has 0 saturated carbocycles. The molecule has 0 unspecified atom stereocenters.